The lowest BCUT2D eigenvalue weighted by molar-refractivity contribution is -0.138. The number of halogens is 6. The average Bonchev–Trinajstić information content (AvgIpc) is 3.83. The van der Waals surface area contributed by atoms with Crippen LogP contribution in [0.4, 0.5) is 26.3 Å². The summed E-state index contributed by atoms with van der Waals surface area (Å²) in [6.07, 6.45) is 7.51. The Morgan fingerprint density at radius 1 is 0.519 bits per heavy atom. The summed E-state index contributed by atoms with van der Waals surface area (Å²) in [6.45, 7) is 4.51. The van der Waals surface area contributed by atoms with Crippen molar-refractivity contribution in [2.75, 3.05) is 26.2 Å². The Morgan fingerprint density at radius 2 is 0.885 bits per heavy atom. The van der Waals surface area contributed by atoms with E-state index in [0.717, 1.165) is 103 Å². The fourth-order valence-electron chi connectivity index (χ4n) is 9.76. The van der Waals surface area contributed by atoms with Gasteiger partial charge in [0.25, 0.3) is 0 Å². The maximum Gasteiger partial charge on any atom is 0.416 e. The molecule has 0 N–H and O–H groups in total. The number of carbonyl (C=O) groups is 2. The van der Waals surface area contributed by atoms with E-state index >= 15 is 0 Å². The first-order valence-corrected chi connectivity index (χ1v) is 19.8. The third-order valence-electron chi connectivity index (χ3n) is 12.7. The molecule has 0 bridgehead atoms. The Kier molecular flexibility index (Phi) is 11.2. The van der Waals surface area contributed by atoms with E-state index in [-0.39, 0.29) is 23.4 Å². The molecule has 10 heteroatoms. The third kappa shape index (κ3) is 8.80. The minimum atomic E-state index is -4.35. The van der Waals surface area contributed by atoms with Crippen LogP contribution in [0, 0.1) is 11.8 Å². The number of Topliss-reactive ketones (excluding diaryl/α,β-unsaturated/α-hetero) is 2. The number of likely N-dealkylation sites (tertiary alicyclic amines) is 2. The largest absolute Gasteiger partial charge is 0.416 e. The van der Waals surface area contributed by atoms with Crippen molar-refractivity contribution in [2.45, 2.75) is 139 Å². The van der Waals surface area contributed by atoms with Gasteiger partial charge in [0.15, 0.2) is 11.6 Å². The van der Waals surface area contributed by atoms with Crippen molar-refractivity contribution in [3.05, 3.63) is 69.8 Å². The molecule has 4 atom stereocenters. The zero-order valence-corrected chi connectivity index (χ0v) is 30.0. The SMILES string of the molecule is O=C(C[C@@H]1CCC[C@@H]1N1CCCC1)c1ccc(C(F)(F)F)cc1C1CC1.O=C(C[C@H]1CCC[C@H]1N1CCCC1)c1ccc(C(F)(F)F)cc1C1CC1. The van der Waals surface area contributed by atoms with E-state index in [1.165, 1.54) is 49.9 Å². The lowest BCUT2D eigenvalue weighted by Crippen LogP contribution is -2.36. The molecule has 2 saturated heterocycles. The zero-order valence-electron chi connectivity index (χ0n) is 30.0. The van der Waals surface area contributed by atoms with Gasteiger partial charge in [0, 0.05) is 36.1 Å². The second-order valence-electron chi connectivity index (χ2n) is 16.4. The maximum absolute atomic E-state index is 13.0. The van der Waals surface area contributed by atoms with Crippen molar-refractivity contribution in [1.29, 1.82) is 0 Å². The van der Waals surface area contributed by atoms with Crippen LogP contribution in [0.3, 0.4) is 0 Å². The van der Waals surface area contributed by atoms with E-state index in [2.05, 4.69) is 9.80 Å². The standard InChI is InChI=1S/2C21H26F3NO/c2*22-21(23,24)16-8-9-17(18(13-16)14-6-7-14)20(26)12-15-4-3-5-19(15)25-10-1-2-11-25/h2*8-9,13-15,19H,1-7,10-12H2/t2*15-,19-/m10/s1. The van der Waals surface area contributed by atoms with Gasteiger partial charge in [-0.05, 0) is 162 Å². The van der Waals surface area contributed by atoms with Gasteiger partial charge in [-0.15, -0.1) is 0 Å². The highest BCUT2D eigenvalue weighted by atomic mass is 19.4. The molecule has 0 spiro atoms. The van der Waals surface area contributed by atoms with Crippen LogP contribution in [0.15, 0.2) is 36.4 Å². The zero-order chi connectivity index (χ0) is 36.6. The summed E-state index contributed by atoms with van der Waals surface area (Å²) in [5.41, 5.74) is 1.06. The molecule has 2 aromatic rings. The summed E-state index contributed by atoms with van der Waals surface area (Å²) >= 11 is 0. The van der Waals surface area contributed by atoms with Gasteiger partial charge in [-0.3, -0.25) is 9.59 Å². The van der Waals surface area contributed by atoms with Gasteiger partial charge >= 0.3 is 12.4 Å². The summed E-state index contributed by atoms with van der Waals surface area (Å²) in [5.74, 6) is 1.06. The van der Waals surface area contributed by atoms with Crippen molar-refractivity contribution in [3.8, 4) is 0 Å². The number of alkyl halides is 6. The summed E-state index contributed by atoms with van der Waals surface area (Å²) in [7, 11) is 0. The van der Waals surface area contributed by atoms with Crippen LogP contribution in [0.25, 0.3) is 0 Å². The summed E-state index contributed by atoms with van der Waals surface area (Å²) in [5, 5.41) is 0. The molecule has 0 radical (unpaired) electrons. The van der Waals surface area contributed by atoms with Crippen LogP contribution in [0.1, 0.15) is 158 Å². The Balaban J connectivity index is 0.000000162. The van der Waals surface area contributed by atoms with Crippen molar-refractivity contribution in [2.24, 2.45) is 11.8 Å². The molecule has 4 saturated carbocycles. The minimum Gasteiger partial charge on any atom is -0.300 e. The molecule has 0 aromatic heterocycles. The lowest BCUT2D eigenvalue weighted by atomic mass is 9.89. The molecule has 0 unspecified atom stereocenters. The number of nitrogens with zero attached hydrogens (tertiary/aromatic N) is 2. The Hall–Kier alpha value is -2.72. The molecule has 2 aliphatic heterocycles. The van der Waals surface area contributed by atoms with Gasteiger partial charge in [0.05, 0.1) is 11.1 Å². The van der Waals surface area contributed by atoms with E-state index in [4.69, 9.17) is 0 Å². The molecule has 284 valence electrons. The summed E-state index contributed by atoms with van der Waals surface area (Å²) in [6, 6.07) is 8.42. The van der Waals surface area contributed by atoms with Crippen LogP contribution >= 0.6 is 0 Å². The second kappa shape index (κ2) is 15.6. The molecule has 4 aliphatic carbocycles. The third-order valence-corrected chi connectivity index (χ3v) is 12.7. The summed E-state index contributed by atoms with van der Waals surface area (Å²) in [4.78, 5) is 31.0. The minimum absolute atomic E-state index is 0.0386. The Labute approximate surface area is 303 Å². The maximum atomic E-state index is 13.0. The molecule has 6 fully saturated rings. The average molecular weight is 731 g/mol. The predicted octanol–water partition coefficient (Wildman–Crippen LogP) is 10.8. The monoisotopic (exact) mass is 730 g/mol. The summed E-state index contributed by atoms with van der Waals surface area (Å²) < 4.78 is 78.3. The van der Waals surface area contributed by atoms with Crippen molar-refractivity contribution < 1.29 is 35.9 Å². The normalized spacial score (nSPS) is 27.2. The fraction of sp³-hybridized carbons (Fsp3) is 0.667. The highest BCUT2D eigenvalue weighted by Gasteiger charge is 2.40. The van der Waals surface area contributed by atoms with Crippen LogP contribution in [0.2, 0.25) is 0 Å². The first-order chi connectivity index (χ1) is 24.9. The number of benzene rings is 2. The van der Waals surface area contributed by atoms with E-state index in [9.17, 15) is 35.9 Å². The van der Waals surface area contributed by atoms with Gasteiger partial charge in [-0.25, -0.2) is 0 Å². The number of hydrogen-bond acceptors (Lipinski definition) is 4. The molecule has 8 rings (SSSR count). The first kappa shape index (κ1) is 37.6. The van der Waals surface area contributed by atoms with E-state index < -0.39 is 23.5 Å². The van der Waals surface area contributed by atoms with Gasteiger partial charge in [-0.1, -0.05) is 25.0 Å². The number of carbonyl (C=O) groups excluding carboxylic acids is 2. The molecule has 2 aromatic carbocycles. The van der Waals surface area contributed by atoms with Crippen LogP contribution in [0.5, 0.6) is 0 Å². The number of hydrogen-bond donors (Lipinski definition) is 0. The highest BCUT2D eigenvalue weighted by molar-refractivity contribution is 5.98. The Morgan fingerprint density at radius 3 is 1.21 bits per heavy atom. The van der Waals surface area contributed by atoms with Crippen LogP contribution in [-0.4, -0.2) is 59.6 Å². The van der Waals surface area contributed by atoms with E-state index in [1.807, 2.05) is 0 Å². The molecule has 52 heavy (non-hydrogen) atoms. The second-order valence-corrected chi connectivity index (χ2v) is 16.4. The lowest BCUT2D eigenvalue weighted by Gasteiger charge is -2.29. The van der Waals surface area contributed by atoms with Gasteiger partial charge in [0.2, 0.25) is 0 Å². The van der Waals surface area contributed by atoms with Crippen molar-refractivity contribution in [1.82, 2.24) is 9.80 Å². The van der Waals surface area contributed by atoms with Gasteiger partial charge < -0.3 is 9.80 Å². The van der Waals surface area contributed by atoms with Crippen molar-refractivity contribution >= 4 is 11.6 Å². The number of ketones is 2. The van der Waals surface area contributed by atoms with Crippen LogP contribution < -0.4 is 0 Å². The quantitative estimate of drug-likeness (QED) is 0.180. The number of rotatable bonds is 10. The predicted molar refractivity (Wildman–Crippen MR) is 189 cm³/mol. The van der Waals surface area contributed by atoms with Crippen LogP contribution in [-0.2, 0) is 12.4 Å². The first-order valence-electron chi connectivity index (χ1n) is 19.8. The van der Waals surface area contributed by atoms with E-state index in [1.54, 1.807) is 0 Å². The highest BCUT2D eigenvalue weighted by Crippen LogP contribution is 2.46. The molecule has 2 heterocycles. The van der Waals surface area contributed by atoms with Gasteiger partial charge in [-0.2, -0.15) is 26.3 Å². The van der Waals surface area contributed by atoms with Crippen molar-refractivity contribution in [3.63, 3.8) is 0 Å². The molecule has 6 aliphatic rings. The topological polar surface area (TPSA) is 40.6 Å². The molecular formula is C42H52F6N2O2. The van der Waals surface area contributed by atoms with E-state index in [0.29, 0.717) is 59.0 Å². The molecule has 0 amide bonds. The smallest absolute Gasteiger partial charge is 0.300 e. The molecular weight excluding hydrogens is 678 g/mol. The fourth-order valence-corrected chi connectivity index (χ4v) is 9.76. The van der Waals surface area contributed by atoms with Gasteiger partial charge in [0.1, 0.15) is 0 Å². The Bertz CT molecular complexity index is 1470. The molecule has 4 nitrogen and oxygen atoms in total.